The summed E-state index contributed by atoms with van der Waals surface area (Å²) in [6, 6.07) is 14.8. The minimum Gasteiger partial charge on any atom is -0.494 e. The van der Waals surface area contributed by atoms with E-state index in [1.165, 1.54) is 18.5 Å². The van der Waals surface area contributed by atoms with E-state index in [-0.39, 0.29) is 12.5 Å². The van der Waals surface area contributed by atoms with Crippen LogP contribution in [0.1, 0.15) is 25.3 Å². The highest BCUT2D eigenvalue weighted by molar-refractivity contribution is 7.92. The van der Waals surface area contributed by atoms with Gasteiger partial charge < -0.3 is 15.0 Å². The highest BCUT2D eigenvalue weighted by Crippen LogP contribution is 2.22. The van der Waals surface area contributed by atoms with Gasteiger partial charge in [0, 0.05) is 25.3 Å². The number of nitrogens with one attached hydrogen (secondary N) is 1. The molecule has 2 aromatic carbocycles. The van der Waals surface area contributed by atoms with Crippen LogP contribution in [0.15, 0.2) is 48.5 Å². The van der Waals surface area contributed by atoms with E-state index < -0.39 is 10.0 Å². The third kappa shape index (κ3) is 5.89. The predicted octanol–water partition coefficient (Wildman–Crippen LogP) is 2.77. The molecule has 0 unspecified atom stereocenters. The molecule has 0 radical (unpaired) electrons. The topological polar surface area (TPSA) is 79.0 Å². The Morgan fingerprint density at radius 1 is 1.07 bits per heavy atom. The molecular weight excluding hydrogens is 402 g/mol. The number of ether oxygens (including phenoxy) is 1. The number of hydrogen-bond acceptors (Lipinski definition) is 5. The zero-order valence-electron chi connectivity index (χ0n) is 17.5. The highest BCUT2D eigenvalue weighted by Gasteiger charge is 2.21. The van der Waals surface area contributed by atoms with Crippen molar-refractivity contribution in [3.8, 4) is 5.75 Å². The normalized spacial score (nSPS) is 13.9. The Kier molecular flexibility index (Phi) is 7.20. The molecule has 0 aromatic heterocycles. The van der Waals surface area contributed by atoms with Crippen molar-refractivity contribution in [1.29, 1.82) is 0 Å². The Bertz CT molecular complexity index is 937. The lowest BCUT2D eigenvalue weighted by atomic mass is 10.2. The van der Waals surface area contributed by atoms with Gasteiger partial charge in [0.2, 0.25) is 15.9 Å². The molecule has 0 atom stereocenters. The molecule has 30 heavy (non-hydrogen) atoms. The molecular formula is C22H29N3O4S. The molecule has 1 N–H and O–H groups in total. The summed E-state index contributed by atoms with van der Waals surface area (Å²) in [6.45, 7) is 4.64. The minimum absolute atomic E-state index is 0.279. The van der Waals surface area contributed by atoms with Crippen molar-refractivity contribution in [3.05, 3.63) is 54.1 Å². The first-order valence-corrected chi connectivity index (χ1v) is 12.0. The van der Waals surface area contributed by atoms with Crippen LogP contribution in [-0.2, 0) is 21.4 Å². The molecule has 0 spiro atoms. The van der Waals surface area contributed by atoms with Crippen LogP contribution in [0, 0.1) is 0 Å². The third-order valence-electron chi connectivity index (χ3n) is 5.02. The standard InChI is InChI=1S/C22H29N3O4S/c1-3-29-21-12-10-20(11-13-21)25(30(2,27)28)17-22(26)23-16-18-6-8-19(9-7-18)24-14-4-5-15-24/h6-13H,3-5,14-17H2,1-2H3,(H,23,26). The van der Waals surface area contributed by atoms with Crippen molar-refractivity contribution in [1.82, 2.24) is 5.32 Å². The summed E-state index contributed by atoms with van der Waals surface area (Å²) in [5.41, 5.74) is 2.59. The molecule has 1 aliphatic heterocycles. The Balaban J connectivity index is 1.59. The monoisotopic (exact) mass is 431 g/mol. The summed E-state index contributed by atoms with van der Waals surface area (Å²) >= 11 is 0. The second-order valence-corrected chi connectivity index (χ2v) is 9.24. The fourth-order valence-corrected chi connectivity index (χ4v) is 4.32. The van der Waals surface area contributed by atoms with Gasteiger partial charge in [-0.25, -0.2) is 8.42 Å². The maximum atomic E-state index is 12.4. The van der Waals surface area contributed by atoms with Gasteiger partial charge in [0.1, 0.15) is 12.3 Å². The van der Waals surface area contributed by atoms with Crippen LogP contribution in [0.25, 0.3) is 0 Å². The van der Waals surface area contributed by atoms with Crippen molar-refractivity contribution in [2.45, 2.75) is 26.3 Å². The first-order chi connectivity index (χ1) is 14.4. The molecule has 1 saturated heterocycles. The number of sulfonamides is 1. The second kappa shape index (κ2) is 9.84. The zero-order valence-corrected chi connectivity index (χ0v) is 18.3. The summed E-state index contributed by atoms with van der Waals surface area (Å²) in [5, 5.41) is 2.81. The average molecular weight is 432 g/mol. The number of nitrogens with zero attached hydrogens (tertiary/aromatic N) is 2. The van der Waals surface area contributed by atoms with E-state index in [1.54, 1.807) is 24.3 Å². The Morgan fingerprint density at radius 3 is 2.27 bits per heavy atom. The molecule has 2 aromatic rings. The van der Waals surface area contributed by atoms with Crippen LogP contribution in [-0.4, -0.2) is 46.8 Å². The fourth-order valence-electron chi connectivity index (χ4n) is 3.46. The lowest BCUT2D eigenvalue weighted by molar-refractivity contribution is -0.119. The van der Waals surface area contributed by atoms with E-state index in [4.69, 9.17) is 4.74 Å². The van der Waals surface area contributed by atoms with Crippen molar-refractivity contribution in [2.75, 3.05) is 41.7 Å². The minimum atomic E-state index is -3.61. The summed E-state index contributed by atoms with van der Waals surface area (Å²) in [5.74, 6) is 0.287. The van der Waals surface area contributed by atoms with Crippen LogP contribution in [0.5, 0.6) is 5.75 Å². The van der Waals surface area contributed by atoms with Crippen LogP contribution >= 0.6 is 0 Å². The molecule has 7 nitrogen and oxygen atoms in total. The molecule has 162 valence electrons. The van der Waals surface area contributed by atoms with Crippen molar-refractivity contribution in [3.63, 3.8) is 0 Å². The van der Waals surface area contributed by atoms with Gasteiger partial charge in [0.05, 0.1) is 18.6 Å². The van der Waals surface area contributed by atoms with E-state index >= 15 is 0 Å². The molecule has 1 heterocycles. The Labute approximate surface area is 178 Å². The smallest absolute Gasteiger partial charge is 0.241 e. The largest absolute Gasteiger partial charge is 0.494 e. The van der Waals surface area contributed by atoms with Gasteiger partial charge in [0.15, 0.2) is 0 Å². The third-order valence-corrected chi connectivity index (χ3v) is 6.16. The summed E-state index contributed by atoms with van der Waals surface area (Å²) in [6.07, 6.45) is 3.54. The zero-order chi connectivity index (χ0) is 21.6. The summed E-state index contributed by atoms with van der Waals surface area (Å²) < 4.78 is 30.9. The molecule has 1 fully saturated rings. The van der Waals surface area contributed by atoms with E-state index in [0.29, 0.717) is 24.6 Å². The fraction of sp³-hybridized carbons (Fsp3) is 0.409. The maximum absolute atomic E-state index is 12.4. The van der Waals surface area contributed by atoms with E-state index in [0.717, 1.165) is 29.2 Å². The number of carbonyl (C=O) groups excluding carboxylic acids is 1. The van der Waals surface area contributed by atoms with Gasteiger partial charge >= 0.3 is 0 Å². The molecule has 3 rings (SSSR count). The van der Waals surface area contributed by atoms with Gasteiger partial charge in [-0.3, -0.25) is 9.10 Å². The average Bonchev–Trinajstić information content (AvgIpc) is 3.26. The summed E-state index contributed by atoms with van der Waals surface area (Å²) in [7, 11) is -3.61. The molecule has 0 saturated carbocycles. The van der Waals surface area contributed by atoms with Crippen LogP contribution < -0.4 is 19.3 Å². The molecule has 0 aliphatic carbocycles. The SMILES string of the molecule is CCOc1ccc(N(CC(=O)NCc2ccc(N3CCCC3)cc2)S(C)(=O)=O)cc1. The van der Waals surface area contributed by atoms with Crippen molar-refractivity contribution in [2.24, 2.45) is 0 Å². The van der Waals surface area contributed by atoms with Gasteiger partial charge in [-0.15, -0.1) is 0 Å². The number of carbonyl (C=O) groups is 1. The highest BCUT2D eigenvalue weighted by atomic mass is 32.2. The van der Waals surface area contributed by atoms with Gasteiger partial charge in [-0.1, -0.05) is 12.1 Å². The van der Waals surface area contributed by atoms with Crippen LogP contribution in [0.4, 0.5) is 11.4 Å². The number of benzene rings is 2. The van der Waals surface area contributed by atoms with Crippen LogP contribution in [0.3, 0.4) is 0 Å². The maximum Gasteiger partial charge on any atom is 0.241 e. The van der Waals surface area contributed by atoms with Gasteiger partial charge in [-0.05, 0) is 61.7 Å². The predicted molar refractivity (Wildman–Crippen MR) is 120 cm³/mol. The molecule has 1 amide bonds. The first-order valence-electron chi connectivity index (χ1n) is 10.2. The van der Waals surface area contributed by atoms with E-state index in [2.05, 4.69) is 22.3 Å². The van der Waals surface area contributed by atoms with Crippen molar-refractivity contribution < 1.29 is 17.9 Å². The molecule has 8 heteroatoms. The van der Waals surface area contributed by atoms with E-state index in [1.807, 2.05) is 19.1 Å². The number of anilines is 2. The Morgan fingerprint density at radius 2 is 1.70 bits per heavy atom. The Hall–Kier alpha value is -2.74. The lowest BCUT2D eigenvalue weighted by Gasteiger charge is -2.22. The molecule has 0 bridgehead atoms. The first kappa shape index (κ1) is 22.0. The van der Waals surface area contributed by atoms with E-state index in [9.17, 15) is 13.2 Å². The molecule has 1 aliphatic rings. The van der Waals surface area contributed by atoms with Gasteiger partial charge in [-0.2, -0.15) is 0 Å². The van der Waals surface area contributed by atoms with Gasteiger partial charge in [0.25, 0.3) is 0 Å². The number of hydrogen-bond donors (Lipinski definition) is 1. The quantitative estimate of drug-likeness (QED) is 0.661. The summed E-state index contributed by atoms with van der Waals surface area (Å²) in [4.78, 5) is 14.8. The van der Waals surface area contributed by atoms with Crippen LogP contribution in [0.2, 0.25) is 0 Å². The van der Waals surface area contributed by atoms with Crippen molar-refractivity contribution >= 4 is 27.3 Å². The lowest BCUT2D eigenvalue weighted by Crippen LogP contribution is -2.40. The second-order valence-electron chi connectivity index (χ2n) is 7.33. The number of amides is 1. The number of rotatable bonds is 9.